The van der Waals surface area contributed by atoms with Crippen molar-refractivity contribution < 1.29 is 9.47 Å². The van der Waals surface area contributed by atoms with E-state index in [1.807, 2.05) is 12.4 Å². The number of pyridine rings is 1. The Balaban J connectivity index is 1.60. The van der Waals surface area contributed by atoms with Crippen LogP contribution in [0.15, 0.2) is 24.5 Å². The predicted octanol–water partition coefficient (Wildman–Crippen LogP) is 2.21. The Morgan fingerprint density at radius 3 is 2.76 bits per heavy atom. The molecule has 0 aromatic carbocycles. The van der Waals surface area contributed by atoms with Crippen molar-refractivity contribution in [2.24, 2.45) is 5.41 Å². The second kappa shape index (κ2) is 4.75. The van der Waals surface area contributed by atoms with E-state index in [0.29, 0.717) is 11.5 Å². The first-order valence-electron chi connectivity index (χ1n) is 6.45. The van der Waals surface area contributed by atoms with Gasteiger partial charge >= 0.3 is 0 Å². The highest BCUT2D eigenvalue weighted by molar-refractivity contribution is 5.11. The van der Waals surface area contributed by atoms with Gasteiger partial charge in [0, 0.05) is 31.0 Å². The SMILES string of the molecule is c1cc(CC2CC3(CCOCC3)CO2)ccn1. The second-order valence-electron chi connectivity index (χ2n) is 5.31. The van der Waals surface area contributed by atoms with Crippen LogP contribution in [0, 0.1) is 5.41 Å². The molecule has 17 heavy (non-hydrogen) atoms. The van der Waals surface area contributed by atoms with E-state index in [2.05, 4.69) is 17.1 Å². The van der Waals surface area contributed by atoms with E-state index in [4.69, 9.17) is 9.47 Å². The lowest BCUT2D eigenvalue weighted by Crippen LogP contribution is -2.30. The highest BCUT2D eigenvalue weighted by Crippen LogP contribution is 2.41. The summed E-state index contributed by atoms with van der Waals surface area (Å²) in [7, 11) is 0. The molecule has 0 radical (unpaired) electrons. The summed E-state index contributed by atoms with van der Waals surface area (Å²) in [5.41, 5.74) is 1.74. The van der Waals surface area contributed by atoms with E-state index in [1.165, 1.54) is 24.8 Å². The van der Waals surface area contributed by atoms with E-state index in [-0.39, 0.29) is 0 Å². The van der Waals surface area contributed by atoms with Gasteiger partial charge < -0.3 is 9.47 Å². The molecule has 1 aromatic heterocycles. The quantitative estimate of drug-likeness (QED) is 0.784. The zero-order valence-electron chi connectivity index (χ0n) is 10.1. The minimum Gasteiger partial charge on any atom is -0.381 e. The minimum atomic E-state index is 0.385. The van der Waals surface area contributed by atoms with E-state index >= 15 is 0 Å². The number of hydrogen-bond donors (Lipinski definition) is 0. The molecule has 1 aromatic rings. The molecular weight excluding hydrogens is 214 g/mol. The smallest absolute Gasteiger partial charge is 0.0621 e. The van der Waals surface area contributed by atoms with Crippen molar-refractivity contribution in [1.29, 1.82) is 0 Å². The van der Waals surface area contributed by atoms with Crippen molar-refractivity contribution in [1.82, 2.24) is 4.98 Å². The van der Waals surface area contributed by atoms with E-state index in [1.54, 1.807) is 0 Å². The van der Waals surface area contributed by atoms with Gasteiger partial charge in [-0.15, -0.1) is 0 Å². The average molecular weight is 233 g/mol. The zero-order valence-corrected chi connectivity index (χ0v) is 10.1. The fourth-order valence-corrected chi connectivity index (χ4v) is 2.96. The number of aromatic nitrogens is 1. The first-order chi connectivity index (χ1) is 8.36. The van der Waals surface area contributed by atoms with Crippen molar-refractivity contribution in [2.45, 2.75) is 31.8 Å². The molecule has 2 aliphatic heterocycles. The van der Waals surface area contributed by atoms with Gasteiger partial charge in [-0.25, -0.2) is 0 Å². The van der Waals surface area contributed by atoms with Crippen LogP contribution < -0.4 is 0 Å². The van der Waals surface area contributed by atoms with Crippen LogP contribution in [0.2, 0.25) is 0 Å². The van der Waals surface area contributed by atoms with E-state index in [9.17, 15) is 0 Å². The van der Waals surface area contributed by atoms with Crippen LogP contribution in [0.25, 0.3) is 0 Å². The molecule has 3 nitrogen and oxygen atoms in total. The molecule has 0 aliphatic carbocycles. The first-order valence-corrected chi connectivity index (χ1v) is 6.45. The van der Waals surface area contributed by atoms with Gasteiger partial charge in [0.2, 0.25) is 0 Å². The Hall–Kier alpha value is -0.930. The third kappa shape index (κ3) is 2.50. The molecule has 3 heterocycles. The van der Waals surface area contributed by atoms with Crippen molar-refractivity contribution in [3.8, 4) is 0 Å². The maximum Gasteiger partial charge on any atom is 0.0621 e. The third-order valence-corrected chi connectivity index (χ3v) is 4.05. The van der Waals surface area contributed by atoms with Gasteiger partial charge in [-0.2, -0.15) is 0 Å². The van der Waals surface area contributed by atoms with Crippen molar-refractivity contribution in [3.05, 3.63) is 30.1 Å². The minimum absolute atomic E-state index is 0.385. The second-order valence-corrected chi connectivity index (χ2v) is 5.31. The fourth-order valence-electron chi connectivity index (χ4n) is 2.96. The summed E-state index contributed by atoms with van der Waals surface area (Å²) in [6.45, 7) is 2.74. The van der Waals surface area contributed by atoms with E-state index < -0.39 is 0 Å². The highest BCUT2D eigenvalue weighted by Gasteiger charge is 2.41. The predicted molar refractivity (Wildman–Crippen MR) is 64.8 cm³/mol. The summed E-state index contributed by atoms with van der Waals surface area (Å²) in [5, 5.41) is 0. The Morgan fingerprint density at radius 2 is 2.00 bits per heavy atom. The summed E-state index contributed by atoms with van der Waals surface area (Å²) in [6.07, 6.45) is 8.64. The molecule has 0 N–H and O–H groups in total. The topological polar surface area (TPSA) is 31.4 Å². The molecule has 2 aliphatic rings. The van der Waals surface area contributed by atoms with Crippen molar-refractivity contribution in [3.63, 3.8) is 0 Å². The van der Waals surface area contributed by atoms with Crippen LogP contribution in [0.3, 0.4) is 0 Å². The molecular formula is C14H19NO2. The molecule has 3 heteroatoms. The maximum atomic E-state index is 5.97. The normalized spacial score (nSPS) is 27.4. The number of nitrogens with zero attached hydrogens (tertiary/aromatic N) is 1. The maximum absolute atomic E-state index is 5.97. The third-order valence-electron chi connectivity index (χ3n) is 4.05. The Morgan fingerprint density at radius 1 is 1.24 bits per heavy atom. The van der Waals surface area contributed by atoms with Crippen LogP contribution in [-0.4, -0.2) is 30.9 Å². The summed E-state index contributed by atoms with van der Waals surface area (Å²) in [5.74, 6) is 0. The summed E-state index contributed by atoms with van der Waals surface area (Å²) >= 11 is 0. The van der Waals surface area contributed by atoms with Crippen LogP contribution in [0.4, 0.5) is 0 Å². The molecule has 0 saturated carbocycles. The van der Waals surface area contributed by atoms with Crippen LogP contribution >= 0.6 is 0 Å². The molecule has 2 fully saturated rings. The summed E-state index contributed by atoms with van der Waals surface area (Å²) < 4.78 is 11.4. The molecule has 1 atom stereocenters. The van der Waals surface area contributed by atoms with Crippen molar-refractivity contribution in [2.75, 3.05) is 19.8 Å². The largest absolute Gasteiger partial charge is 0.381 e. The van der Waals surface area contributed by atoms with Gasteiger partial charge in [0.05, 0.1) is 12.7 Å². The standard InChI is InChI=1S/C14H19NO2/c1-5-15-6-2-12(1)9-13-10-14(11-17-13)3-7-16-8-4-14/h1-2,5-6,13H,3-4,7-11H2. The monoisotopic (exact) mass is 233 g/mol. The van der Waals surface area contributed by atoms with E-state index in [0.717, 1.165) is 26.2 Å². The van der Waals surface area contributed by atoms with Crippen LogP contribution in [-0.2, 0) is 15.9 Å². The average Bonchev–Trinajstić information content (AvgIpc) is 2.74. The van der Waals surface area contributed by atoms with Gasteiger partial charge in [0.1, 0.15) is 0 Å². The van der Waals surface area contributed by atoms with Crippen LogP contribution in [0.1, 0.15) is 24.8 Å². The molecule has 3 rings (SSSR count). The molecule has 1 unspecified atom stereocenters. The Kier molecular flexibility index (Phi) is 3.12. The molecule has 0 bridgehead atoms. The molecule has 92 valence electrons. The lowest BCUT2D eigenvalue weighted by atomic mass is 9.78. The highest BCUT2D eigenvalue weighted by atomic mass is 16.5. The van der Waals surface area contributed by atoms with Gasteiger partial charge in [0.25, 0.3) is 0 Å². The summed E-state index contributed by atoms with van der Waals surface area (Å²) in [4.78, 5) is 4.05. The first kappa shape index (κ1) is 11.2. The molecule has 1 spiro atoms. The van der Waals surface area contributed by atoms with Gasteiger partial charge in [-0.05, 0) is 43.4 Å². The molecule has 2 saturated heterocycles. The van der Waals surface area contributed by atoms with Gasteiger partial charge in [-0.1, -0.05) is 0 Å². The lowest BCUT2D eigenvalue weighted by molar-refractivity contribution is 0.00699. The number of ether oxygens (including phenoxy) is 2. The van der Waals surface area contributed by atoms with Gasteiger partial charge in [-0.3, -0.25) is 4.98 Å². The number of rotatable bonds is 2. The van der Waals surface area contributed by atoms with Crippen LogP contribution in [0.5, 0.6) is 0 Å². The van der Waals surface area contributed by atoms with Crippen molar-refractivity contribution >= 4 is 0 Å². The zero-order chi connectivity index (χ0) is 11.6. The number of hydrogen-bond acceptors (Lipinski definition) is 3. The lowest BCUT2D eigenvalue weighted by Gasteiger charge is -2.31. The Bertz CT molecular complexity index is 360. The molecule has 0 amide bonds. The fraction of sp³-hybridized carbons (Fsp3) is 0.643. The Labute approximate surface area is 102 Å². The summed E-state index contributed by atoms with van der Waals surface area (Å²) in [6, 6.07) is 4.16. The van der Waals surface area contributed by atoms with Gasteiger partial charge in [0.15, 0.2) is 0 Å².